The molecule has 1 nitrogen and oxygen atoms in total. The van der Waals surface area contributed by atoms with Crippen molar-refractivity contribution in [1.82, 2.24) is 0 Å². The zero-order valence-electron chi connectivity index (χ0n) is 11.0. The third-order valence-electron chi connectivity index (χ3n) is 4.16. The van der Waals surface area contributed by atoms with E-state index < -0.39 is 5.60 Å². The van der Waals surface area contributed by atoms with E-state index in [1.807, 2.05) is 0 Å². The molecule has 2 atom stereocenters. The van der Waals surface area contributed by atoms with Crippen molar-refractivity contribution in [2.75, 3.05) is 0 Å². The number of aliphatic hydroxyl groups is 1. The van der Waals surface area contributed by atoms with Crippen molar-refractivity contribution >= 4 is 21.4 Å². The SMILES string of the molecule is CC1CC(C)CC(O)(c2cccc3ccsc23)C1. The van der Waals surface area contributed by atoms with Gasteiger partial charge >= 0.3 is 0 Å². The van der Waals surface area contributed by atoms with Gasteiger partial charge in [0.2, 0.25) is 0 Å². The van der Waals surface area contributed by atoms with Crippen molar-refractivity contribution in [3.63, 3.8) is 0 Å². The van der Waals surface area contributed by atoms with Gasteiger partial charge in [0.05, 0.1) is 5.60 Å². The second-order valence-electron chi connectivity index (χ2n) is 6.03. The van der Waals surface area contributed by atoms with Crippen LogP contribution in [0.2, 0.25) is 0 Å². The van der Waals surface area contributed by atoms with Gasteiger partial charge in [0.15, 0.2) is 0 Å². The molecular formula is C16H20OS. The normalized spacial score (nSPS) is 32.8. The first-order valence-corrected chi connectivity index (χ1v) is 7.65. The Morgan fingerprint density at radius 2 is 1.89 bits per heavy atom. The first kappa shape index (κ1) is 12.2. The van der Waals surface area contributed by atoms with E-state index in [-0.39, 0.29) is 0 Å². The van der Waals surface area contributed by atoms with Gasteiger partial charge in [-0.25, -0.2) is 0 Å². The fraction of sp³-hybridized carbons (Fsp3) is 0.500. The number of fused-ring (bicyclic) bond motifs is 1. The second kappa shape index (κ2) is 4.36. The minimum atomic E-state index is -0.624. The highest BCUT2D eigenvalue weighted by Crippen LogP contribution is 2.45. The van der Waals surface area contributed by atoms with Gasteiger partial charge in [-0.2, -0.15) is 0 Å². The highest BCUT2D eigenvalue weighted by Gasteiger charge is 2.38. The van der Waals surface area contributed by atoms with E-state index in [2.05, 4.69) is 43.5 Å². The molecule has 1 saturated carbocycles. The number of rotatable bonds is 1. The Hall–Kier alpha value is -0.860. The molecule has 1 fully saturated rings. The molecule has 1 aliphatic carbocycles. The van der Waals surface area contributed by atoms with Gasteiger partial charge in [-0.1, -0.05) is 32.0 Å². The van der Waals surface area contributed by atoms with E-state index in [0.717, 1.165) is 18.4 Å². The van der Waals surface area contributed by atoms with Crippen LogP contribution in [0.1, 0.15) is 38.7 Å². The average Bonchev–Trinajstić information content (AvgIpc) is 2.74. The van der Waals surface area contributed by atoms with Gasteiger partial charge in [0.25, 0.3) is 0 Å². The Kier molecular flexibility index (Phi) is 2.95. The topological polar surface area (TPSA) is 20.2 Å². The van der Waals surface area contributed by atoms with Gasteiger partial charge in [0, 0.05) is 10.3 Å². The van der Waals surface area contributed by atoms with Gasteiger partial charge in [-0.3, -0.25) is 0 Å². The number of hydrogen-bond acceptors (Lipinski definition) is 2. The van der Waals surface area contributed by atoms with Crippen LogP contribution in [0.3, 0.4) is 0 Å². The van der Waals surface area contributed by atoms with Gasteiger partial charge in [0.1, 0.15) is 0 Å². The lowest BCUT2D eigenvalue weighted by Crippen LogP contribution is -2.35. The molecule has 18 heavy (non-hydrogen) atoms. The summed E-state index contributed by atoms with van der Waals surface area (Å²) in [7, 11) is 0. The molecular weight excluding hydrogens is 240 g/mol. The van der Waals surface area contributed by atoms with Crippen molar-refractivity contribution in [3.8, 4) is 0 Å². The van der Waals surface area contributed by atoms with Crippen molar-refractivity contribution in [2.45, 2.75) is 38.7 Å². The molecule has 1 N–H and O–H groups in total. The molecule has 3 rings (SSSR count). The van der Waals surface area contributed by atoms with Crippen molar-refractivity contribution in [1.29, 1.82) is 0 Å². The van der Waals surface area contributed by atoms with E-state index in [9.17, 15) is 5.11 Å². The van der Waals surface area contributed by atoms with Crippen LogP contribution in [0.15, 0.2) is 29.6 Å². The lowest BCUT2D eigenvalue weighted by atomic mass is 9.70. The maximum absolute atomic E-state index is 11.1. The van der Waals surface area contributed by atoms with E-state index >= 15 is 0 Å². The lowest BCUT2D eigenvalue weighted by Gasteiger charge is -2.39. The zero-order chi connectivity index (χ0) is 12.8. The van der Waals surface area contributed by atoms with Crippen LogP contribution in [0.25, 0.3) is 10.1 Å². The van der Waals surface area contributed by atoms with Crippen molar-refractivity contribution in [3.05, 3.63) is 35.2 Å². The smallest absolute Gasteiger partial charge is 0.0915 e. The Labute approximate surface area is 112 Å². The summed E-state index contributed by atoms with van der Waals surface area (Å²) < 4.78 is 1.27. The van der Waals surface area contributed by atoms with Crippen LogP contribution in [0.4, 0.5) is 0 Å². The van der Waals surface area contributed by atoms with Crippen LogP contribution in [0.5, 0.6) is 0 Å². The largest absolute Gasteiger partial charge is 0.385 e. The summed E-state index contributed by atoms with van der Waals surface area (Å²) in [5.74, 6) is 1.21. The monoisotopic (exact) mass is 260 g/mol. The summed E-state index contributed by atoms with van der Waals surface area (Å²) in [6.07, 6.45) is 3.03. The summed E-state index contributed by atoms with van der Waals surface area (Å²) in [5.41, 5.74) is 0.523. The van der Waals surface area contributed by atoms with E-state index in [0.29, 0.717) is 11.8 Å². The minimum Gasteiger partial charge on any atom is -0.385 e. The van der Waals surface area contributed by atoms with E-state index in [4.69, 9.17) is 0 Å². The average molecular weight is 260 g/mol. The molecule has 2 unspecified atom stereocenters. The number of hydrogen-bond donors (Lipinski definition) is 1. The molecule has 0 spiro atoms. The van der Waals surface area contributed by atoms with Crippen LogP contribution >= 0.6 is 11.3 Å². The number of thiophene rings is 1. The highest BCUT2D eigenvalue weighted by molar-refractivity contribution is 7.17. The molecule has 0 radical (unpaired) electrons. The first-order valence-electron chi connectivity index (χ1n) is 6.77. The van der Waals surface area contributed by atoms with E-state index in [1.165, 1.54) is 16.5 Å². The van der Waals surface area contributed by atoms with Crippen LogP contribution in [0, 0.1) is 11.8 Å². The standard InChI is InChI=1S/C16H20OS/c1-11-8-12(2)10-16(17,9-11)14-5-3-4-13-6-7-18-15(13)14/h3-7,11-12,17H,8-10H2,1-2H3. The van der Waals surface area contributed by atoms with Gasteiger partial charge < -0.3 is 5.11 Å². The molecule has 1 aromatic carbocycles. The highest BCUT2D eigenvalue weighted by atomic mass is 32.1. The fourth-order valence-electron chi connectivity index (χ4n) is 3.67. The predicted octanol–water partition coefficient (Wildman–Crippen LogP) is 4.55. The first-order chi connectivity index (χ1) is 8.58. The Morgan fingerprint density at radius 3 is 2.61 bits per heavy atom. The van der Waals surface area contributed by atoms with E-state index in [1.54, 1.807) is 11.3 Å². The summed E-state index contributed by atoms with van der Waals surface area (Å²) >= 11 is 1.75. The quantitative estimate of drug-likeness (QED) is 0.798. The third-order valence-corrected chi connectivity index (χ3v) is 5.12. The Morgan fingerprint density at radius 1 is 1.17 bits per heavy atom. The molecule has 2 heteroatoms. The fourth-order valence-corrected chi connectivity index (χ4v) is 4.68. The van der Waals surface area contributed by atoms with Crippen molar-refractivity contribution < 1.29 is 5.11 Å². The molecule has 2 aromatic rings. The summed E-state index contributed by atoms with van der Waals surface area (Å²) in [4.78, 5) is 0. The van der Waals surface area contributed by atoms with Crippen LogP contribution in [-0.4, -0.2) is 5.11 Å². The molecule has 0 aliphatic heterocycles. The molecule has 1 aliphatic rings. The summed E-state index contributed by atoms with van der Waals surface area (Å²) in [6, 6.07) is 8.47. The molecule has 0 saturated heterocycles. The molecule has 1 aromatic heterocycles. The molecule has 0 bridgehead atoms. The molecule has 1 heterocycles. The third kappa shape index (κ3) is 1.98. The number of benzene rings is 1. The van der Waals surface area contributed by atoms with Gasteiger partial charge in [-0.15, -0.1) is 11.3 Å². The lowest BCUT2D eigenvalue weighted by molar-refractivity contribution is -0.0349. The molecule has 96 valence electrons. The van der Waals surface area contributed by atoms with Crippen LogP contribution < -0.4 is 0 Å². The van der Waals surface area contributed by atoms with Crippen molar-refractivity contribution in [2.24, 2.45) is 11.8 Å². The van der Waals surface area contributed by atoms with Gasteiger partial charge in [-0.05, 0) is 47.9 Å². The second-order valence-corrected chi connectivity index (χ2v) is 6.95. The Bertz CT molecular complexity index is 547. The summed E-state index contributed by atoms with van der Waals surface area (Å²) in [6.45, 7) is 4.52. The maximum Gasteiger partial charge on any atom is 0.0915 e. The maximum atomic E-state index is 11.1. The zero-order valence-corrected chi connectivity index (χ0v) is 11.8. The Balaban J connectivity index is 2.09. The summed E-state index contributed by atoms with van der Waals surface area (Å²) in [5, 5.41) is 14.5. The van der Waals surface area contributed by atoms with Crippen LogP contribution in [-0.2, 0) is 5.60 Å². The minimum absolute atomic E-state index is 0.606. The molecule has 0 amide bonds. The predicted molar refractivity (Wildman–Crippen MR) is 77.9 cm³/mol.